The molecule has 0 unspecified atom stereocenters. The first kappa shape index (κ1) is 13.9. The summed E-state index contributed by atoms with van der Waals surface area (Å²) in [6.07, 6.45) is 0. The maximum absolute atomic E-state index is 13.4. The minimum absolute atomic E-state index is 0.0980. The Morgan fingerprint density at radius 3 is 2.20 bits per heavy atom. The summed E-state index contributed by atoms with van der Waals surface area (Å²) in [5.41, 5.74) is 0.587. The number of nitrogens with zero attached hydrogens (tertiary/aromatic N) is 1. The highest BCUT2D eigenvalue weighted by Crippen LogP contribution is 2.27. The summed E-state index contributed by atoms with van der Waals surface area (Å²) in [5.74, 6) is -7.47. The molecule has 20 heavy (non-hydrogen) atoms. The van der Waals surface area contributed by atoms with Gasteiger partial charge >= 0.3 is 0 Å². The van der Waals surface area contributed by atoms with E-state index in [1.807, 2.05) is 6.07 Å². The zero-order valence-corrected chi connectivity index (χ0v) is 9.96. The highest BCUT2D eigenvalue weighted by Gasteiger charge is 2.20. The van der Waals surface area contributed by atoms with Gasteiger partial charge in [-0.2, -0.15) is 14.0 Å². The Balaban J connectivity index is 2.30. The topological polar surface area (TPSA) is 33.0 Å². The molecule has 0 spiro atoms. The van der Waals surface area contributed by atoms with E-state index in [1.54, 1.807) is 12.1 Å². The average Bonchev–Trinajstić information content (AvgIpc) is 2.45. The molecule has 0 atom stereocenters. The minimum Gasteiger partial charge on any atom is -0.483 e. The van der Waals surface area contributed by atoms with Crippen LogP contribution >= 0.6 is 0 Å². The van der Waals surface area contributed by atoms with Crippen LogP contribution in [0.1, 0.15) is 11.1 Å². The van der Waals surface area contributed by atoms with Crippen LogP contribution in [0.15, 0.2) is 30.3 Å². The first-order valence-corrected chi connectivity index (χ1v) is 5.48. The van der Waals surface area contributed by atoms with Gasteiger partial charge in [0.05, 0.1) is 11.6 Å². The van der Waals surface area contributed by atoms with Crippen molar-refractivity contribution in [3.05, 3.63) is 64.7 Å². The molecule has 2 rings (SSSR count). The third-order valence-electron chi connectivity index (χ3n) is 2.58. The van der Waals surface area contributed by atoms with Crippen molar-refractivity contribution in [3.8, 4) is 11.8 Å². The minimum atomic E-state index is -1.61. The Morgan fingerprint density at radius 2 is 1.60 bits per heavy atom. The molecule has 102 valence electrons. The van der Waals surface area contributed by atoms with Crippen molar-refractivity contribution >= 4 is 0 Å². The van der Waals surface area contributed by atoms with E-state index >= 15 is 0 Å². The SMILES string of the molecule is N#Cc1ccccc1COc1c(F)c(F)cc(F)c1F. The maximum atomic E-state index is 13.4. The normalized spacial score (nSPS) is 10.2. The van der Waals surface area contributed by atoms with E-state index < -0.39 is 29.0 Å². The summed E-state index contributed by atoms with van der Waals surface area (Å²) in [6.45, 7) is -0.388. The molecule has 6 heteroatoms. The number of hydrogen-bond donors (Lipinski definition) is 0. The molecule has 0 amide bonds. The summed E-state index contributed by atoms with van der Waals surface area (Å²) in [4.78, 5) is 0. The van der Waals surface area contributed by atoms with Gasteiger partial charge in [-0.1, -0.05) is 18.2 Å². The molecule has 0 heterocycles. The third kappa shape index (κ3) is 2.57. The Labute approximate surface area is 111 Å². The molecule has 2 aromatic rings. The highest BCUT2D eigenvalue weighted by molar-refractivity contribution is 5.37. The fraction of sp³-hybridized carbons (Fsp3) is 0.0714. The molecule has 2 aromatic carbocycles. The lowest BCUT2D eigenvalue weighted by atomic mass is 10.1. The maximum Gasteiger partial charge on any atom is 0.203 e. The van der Waals surface area contributed by atoms with Crippen molar-refractivity contribution in [3.63, 3.8) is 0 Å². The molecular formula is C14H7F4NO. The first-order valence-electron chi connectivity index (χ1n) is 5.48. The van der Waals surface area contributed by atoms with Gasteiger partial charge in [0.25, 0.3) is 0 Å². The van der Waals surface area contributed by atoms with Crippen molar-refractivity contribution in [2.75, 3.05) is 0 Å². The van der Waals surface area contributed by atoms with E-state index in [0.29, 0.717) is 5.56 Å². The molecule has 2 nitrogen and oxygen atoms in total. The van der Waals surface area contributed by atoms with Crippen molar-refractivity contribution in [1.29, 1.82) is 5.26 Å². The number of benzene rings is 2. The van der Waals surface area contributed by atoms with E-state index in [1.165, 1.54) is 12.1 Å². The fourth-order valence-corrected chi connectivity index (χ4v) is 1.58. The van der Waals surface area contributed by atoms with Gasteiger partial charge in [-0.3, -0.25) is 0 Å². The number of ether oxygens (including phenoxy) is 1. The number of halogens is 4. The van der Waals surface area contributed by atoms with Crippen molar-refractivity contribution in [2.24, 2.45) is 0 Å². The Morgan fingerprint density at radius 1 is 1.00 bits per heavy atom. The standard InChI is InChI=1S/C14H7F4NO/c15-10-5-11(16)13(18)14(12(10)17)20-7-9-4-2-1-3-8(9)6-19/h1-5H,7H2. The van der Waals surface area contributed by atoms with Gasteiger partial charge in [-0.05, 0) is 6.07 Å². The van der Waals surface area contributed by atoms with E-state index in [-0.39, 0.29) is 18.2 Å². The predicted molar refractivity (Wildman–Crippen MR) is 61.8 cm³/mol. The second kappa shape index (κ2) is 5.61. The molecule has 0 bridgehead atoms. The lowest BCUT2D eigenvalue weighted by molar-refractivity contribution is 0.261. The first-order chi connectivity index (χ1) is 9.54. The van der Waals surface area contributed by atoms with Gasteiger partial charge in [0.2, 0.25) is 11.6 Å². The van der Waals surface area contributed by atoms with Crippen LogP contribution < -0.4 is 4.74 Å². The quantitative estimate of drug-likeness (QED) is 0.635. The molecule has 0 saturated carbocycles. The molecule has 0 aliphatic heterocycles. The average molecular weight is 281 g/mol. The van der Waals surface area contributed by atoms with Crippen LogP contribution in [0.2, 0.25) is 0 Å². The van der Waals surface area contributed by atoms with Crippen LogP contribution in [0, 0.1) is 34.6 Å². The molecule has 0 aliphatic rings. The van der Waals surface area contributed by atoms with E-state index in [4.69, 9.17) is 10.00 Å². The number of rotatable bonds is 3. The second-order valence-electron chi connectivity index (χ2n) is 3.85. The summed E-state index contributed by atoms with van der Waals surface area (Å²) in [6, 6.07) is 8.15. The Bertz CT molecular complexity index is 668. The summed E-state index contributed by atoms with van der Waals surface area (Å²) < 4.78 is 57.4. The molecule has 0 saturated heterocycles. The van der Waals surface area contributed by atoms with Crippen LogP contribution in [0.4, 0.5) is 17.6 Å². The van der Waals surface area contributed by atoms with Crippen molar-refractivity contribution < 1.29 is 22.3 Å². The predicted octanol–water partition coefficient (Wildman–Crippen LogP) is 3.69. The summed E-state index contributed by atoms with van der Waals surface area (Å²) in [7, 11) is 0. The van der Waals surface area contributed by atoms with Gasteiger partial charge in [0, 0.05) is 11.6 Å². The van der Waals surface area contributed by atoms with Crippen LogP contribution in [0.5, 0.6) is 5.75 Å². The Hall–Kier alpha value is -2.55. The molecule has 0 fully saturated rings. The monoisotopic (exact) mass is 281 g/mol. The Kier molecular flexibility index (Phi) is 3.89. The molecule has 0 aromatic heterocycles. The van der Waals surface area contributed by atoms with Crippen LogP contribution in [0.25, 0.3) is 0 Å². The second-order valence-corrected chi connectivity index (χ2v) is 3.85. The van der Waals surface area contributed by atoms with E-state index in [9.17, 15) is 17.6 Å². The van der Waals surface area contributed by atoms with E-state index in [2.05, 4.69) is 0 Å². The van der Waals surface area contributed by atoms with Crippen molar-refractivity contribution in [1.82, 2.24) is 0 Å². The van der Waals surface area contributed by atoms with Crippen LogP contribution in [-0.4, -0.2) is 0 Å². The van der Waals surface area contributed by atoms with Crippen molar-refractivity contribution in [2.45, 2.75) is 6.61 Å². The van der Waals surface area contributed by atoms with Gasteiger partial charge in [0.1, 0.15) is 6.61 Å². The fourth-order valence-electron chi connectivity index (χ4n) is 1.58. The van der Waals surface area contributed by atoms with Gasteiger partial charge < -0.3 is 4.74 Å². The van der Waals surface area contributed by atoms with E-state index in [0.717, 1.165) is 0 Å². The lowest BCUT2D eigenvalue weighted by Gasteiger charge is -2.10. The van der Waals surface area contributed by atoms with Crippen LogP contribution in [-0.2, 0) is 6.61 Å². The molecule has 0 radical (unpaired) electrons. The zero-order valence-electron chi connectivity index (χ0n) is 9.96. The summed E-state index contributed by atoms with van der Waals surface area (Å²) in [5, 5.41) is 8.84. The smallest absolute Gasteiger partial charge is 0.203 e. The molecule has 0 N–H and O–H groups in total. The number of hydrogen-bond acceptors (Lipinski definition) is 2. The molecular weight excluding hydrogens is 274 g/mol. The van der Waals surface area contributed by atoms with Gasteiger partial charge in [0.15, 0.2) is 17.4 Å². The zero-order chi connectivity index (χ0) is 14.7. The lowest BCUT2D eigenvalue weighted by Crippen LogP contribution is -2.04. The third-order valence-corrected chi connectivity index (χ3v) is 2.58. The van der Waals surface area contributed by atoms with Crippen LogP contribution in [0.3, 0.4) is 0 Å². The summed E-state index contributed by atoms with van der Waals surface area (Å²) >= 11 is 0. The highest BCUT2D eigenvalue weighted by atomic mass is 19.2. The molecule has 0 aliphatic carbocycles. The largest absolute Gasteiger partial charge is 0.483 e. The van der Waals surface area contributed by atoms with Gasteiger partial charge in [-0.15, -0.1) is 0 Å². The number of nitriles is 1. The van der Waals surface area contributed by atoms with Gasteiger partial charge in [-0.25, -0.2) is 8.78 Å².